The largest absolute Gasteiger partial charge is 0.396 e. The van der Waals surface area contributed by atoms with E-state index >= 15 is 0 Å². The number of rotatable bonds is 4. The van der Waals surface area contributed by atoms with Crippen LogP contribution >= 0.6 is 15.9 Å². The van der Waals surface area contributed by atoms with Gasteiger partial charge in [-0.1, -0.05) is 46.3 Å². The van der Waals surface area contributed by atoms with Gasteiger partial charge >= 0.3 is 0 Å². The first-order valence-electron chi connectivity index (χ1n) is 4.35. The van der Waals surface area contributed by atoms with Gasteiger partial charge in [-0.3, -0.25) is 0 Å². The second-order valence-corrected chi connectivity index (χ2v) is 3.85. The standard InChI is InChI=1S/C11H13BrO/c12-11(7-4-8-13)9-10-5-2-1-3-6-10/h1-3,5-6,9,13H,4,7-8H2/b11-9-. The monoisotopic (exact) mass is 240 g/mol. The highest BCUT2D eigenvalue weighted by Crippen LogP contribution is 2.16. The molecule has 0 heterocycles. The molecule has 1 aromatic carbocycles. The summed E-state index contributed by atoms with van der Waals surface area (Å²) < 4.78 is 1.13. The number of hydrogen-bond donors (Lipinski definition) is 1. The molecule has 0 spiro atoms. The molecule has 0 saturated carbocycles. The van der Waals surface area contributed by atoms with E-state index in [1.165, 1.54) is 5.56 Å². The van der Waals surface area contributed by atoms with Crippen molar-refractivity contribution >= 4 is 22.0 Å². The highest BCUT2D eigenvalue weighted by molar-refractivity contribution is 9.11. The summed E-state index contributed by atoms with van der Waals surface area (Å²) in [5.74, 6) is 0. The summed E-state index contributed by atoms with van der Waals surface area (Å²) in [5.41, 5.74) is 1.19. The van der Waals surface area contributed by atoms with Crippen LogP contribution in [0.5, 0.6) is 0 Å². The Bertz CT molecular complexity index is 267. The summed E-state index contributed by atoms with van der Waals surface area (Å²) in [4.78, 5) is 0. The van der Waals surface area contributed by atoms with E-state index in [1.807, 2.05) is 18.2 Å². The minimum Gasteiger partial charge on any atom is -0.396 e. The van der Waals surface area contributed by atoms with Crippen molar-refractivity contribution in [2.75, 3.05) is 6.61 Å². The van der Waals surface area contributed by atoms with Crippen molar-refractivity contribution in [3.63, 3.8) is 0 Å². The molecule has 1 N–H and O–H groups in total. The van der Waals surface area contributed by atoms with Crippen molar-refractivity contribution in [3.05, 3.63) is 40.4 Å². The molecular formula is C11H13BrO. The van der Waals surface area contributed by atoms with Crippen LogP contribution in [0.1, 0.15) is 18.4 Å². The van der Waals surface area contributed by atoms with Crippen LogP contribution < -0.4 is 0 Å². The maximum atomic E-state index is 8.63. The molecule has 0 unspecified atom stereocenters. The second kappa shape index (κ2) is 5.95. The average Bonchev–Trinajstić information content (AvgIpc) is 2.16. The molecular weight excluding hydrogens is 228 g/mol. The summed E-state index contributed by atoms with van der Waals surface area (Å²) in [6.07, 6.45) is 3.78. The molecule has 1 nitrogen and oxygen atoms in total. The Morgan fingerprint density at radius 3 is 2.62 bits per heavy atom. The molecule has 0 aliphatic rings. The van der Waals surface area contributed by atoms with E-state index in [-0.39, 0.29) is 6.61 Å². The minimum absolute atomic E-state index is 0.248. The second-order valence-electron chi connectivity index (χ2n) is 2.83. The van der Waals surface area contributed by atoms with Crippen LogP contribution in [0.25, 0.3) is 6.08 Å². The van der Waals surface area contributed by atoms with Gasteiger partial charge in [0.15, 0.2) is 0 Å². The molecule has 0 amide bonds. The Balaban J connectivity index is 2.55. The predicted molar refractivity (Wildman–Crippen MR) is 59.7 cm³/mol. The fraction of sp³-hybridized carbons (Fsp3) is 0.273. The lowest BCUT2D eigenvalue weighted by molar-refractivity contribution is 0.289. The van der Waals surface area contributed by atoms with Crippen molar-refractivity contribution in [2.24, 2.45) is 0 Å². The zero-order valence-corrected chi connectivity index (χ0v) is 9.00. The van der Waals surface area contributed by atoms with Gasteiger partial charge in [0.25, 0.3) is 0 Å². The summed E-state index contributed by atoms with van der Waals surface area (Å²) in [6, 6.07) is 10.1. The molecule has 0 aliphatic heterocycles. The molecule has 70 valence electrons. The van der Waals surface area contributed by atoms with Crippen molar-refractivity contribution in [1.82, 2.24) is 0 Å². The maximum absolute atomic E-state index is 8.63. The number of benzene rings is 1. The Labute approximate surface area is 87.2 Å². The van der Waals surface area contributed by atoms with Gasteiger partial charge in [-0.15, -0.1) is 0 Å². The molecule has 0 saturated heterocycles. The SMILES string of the molecule is OCCC/C(Br)=C/c1ccccc1. The Morgan fingerprint density at radius 2 is 2.00 bits per heavy atom. The summed E-state index contributed by atoms with van der Waals surface area (Å²) >= 11 is 3.47. The van der Waals surface area contributed by atoms with E-state index in [9.17, 15) is 0 Å². The van der Waals surface area contributed by atoms with Crippen molar-refractivity contribution in [2.45, 2.75) is 12.8 Å². The first-order chi connectivity index (χ1) is 6.33. The number of hydrogen-bond acceptors (Lipinski definition) is 1. The van der Waals surface area contributed by atoms with E-state index < -0.39 is 0 Å². The third-order valence-corrected chi connectivity index (χ3v) is 2.32. The lowest BCUT2D eigenvalue weighted by Crippen LogP contribution is -1.82. The highest BCUT2D eigenvalue weighted by atomic mass is 79.9. The average molecular weight is 241 g/mol. The zero-order chi connectivity index (χ0) is 9.52. The van der Waals surface area contributed by atoms with Crippen LogP contribution in [-0.4, -0.2) is 11.7 Å². The molecule has 0 aromatic heterocycles. The first kappa shape index (κ1) is 10.5. The zero-order valence-electron chi connectivity index (χ0n) is 7.41. The fourth-order valence-corrected chi connectivity index (χ4v) is 1.59. The quantitative estimate of drug-likeness (QED) is 0.858. The number of aliphatic hydroxyl groups is 1. The molecule has 0 bridgehead atoms. The summed E-state index contributed by atoms with van der Waals surface area (Å²) in [6.45, 7) is 0.248. The lowest BCUT2D eigenvalue weighted by atomic mass is 10.2. The van der Waals surface area contributed by atoms with Gasteiger partial charge in [-0.05, 0) is 29.0 Å². The number of halogens is 1. The molecule has 13 heavy (non-hydrogen) atoms. The summed E-state index contributed by atoms with van der Waals surface area (Å²) in [5, 5.41) is 8.63. The van der Waals surface area contributed by atoms with Crippen LogP contribution in [-0.2, 0) is 0 Å². The molecule has 2 heteroatoms. The van der Waals surface area contributed by atoms with Gasteiger partial charge in [-0.25, -0.2) is 0 Å². The van der Waals surface area contributed by atoms with Crippen molar-refractivity contribution in [3.8, 4) is 0 Å². The van der Waals surface area contributed by atoms with Gasteiger partial charge in [-0.2, -0.15) is 0 Å². The topological polar surface area (TPSA) is 20.2 Å². The van der Waals surface area contributed by atoms with Gasteiger partial charge in [0, 0.05) is 6.61 Å². The van der Waals surface area contributed by atoms with Gasteiger partial charge in [0.05, 0.1) is 0 Å². The van der Waals surface area contributed by atoms with E-state index in [1.54, 1.807) is 0 Å². The Hall–Kier alpha value is -0.600. The molecule has 0 fully saturated rings. The summed E-state index contributed by atoms with van der Waals surface area (Å²) in [7, 11) is 0. The van der Waals surface area contributed by atoms with E-state index in [0.29, 0.717) is 0 Å². The lowest BCUT2D eigenvalue weighted by Gasteiger charge is -1.97. The molecule has 0 atom stereocenters. The fourth-order valence-electron chi connectivity index (χ4n) is 1.05. The van der Waals surface area contributed by atoms with Crippen LogP contribution in [0, 0.1) is 0 Å². The molecule has 0 aliphatic carbocycles. The van der Waals surface area contributed by atoms with Crippen LogP contribution in [0.2, 0.25) is 0 Å². The highest BCUT2D eigenvalue weighted by Gasteiger charge is 1.92. The predicted octanol–water partition coefficient (Wildman–Crippen LogP) is 3.19. The minimum atomic E-state index is 0.248. The number of aliphatic hydroxyl groups excluding tert-OH is 1. The Kier molecular flexibility index (Phi) is 4.79. The van der Waals surface area contributed by atoms with Crippen molar-refractivity contribution < 1.29 is 5.11 Å². The van der Waals surface area contributed by atoms with Crippen molar-refractivity contribution in [1.29, 1.82) is 0 Å². The third-order valence-electron chi connectivity index (χ3n) is 1.70. The van der Waals surface area contributed by atoms with Gasteiger partial charge in [0.2, 0.25) is 0 Å². The van der Waals surface area contributed by atoms with E-state index in [4.69, 9.17) is 5.11 Å². The van der Waals surface area contributed by atoms with Crippen LogP contribution in [0.3, 0.4) is 0 Å². The van der Waals surface area contributed by atoms with Gasteiger partial charge < -0.3 is 5.11 Å². The van der Waals surface area contributed by atoms with Crippen LogP contribution in [0.15, 0.2) is 34.8 Å². The molecule has 1 aromatic rings. The normalized spacial score (nSPS) is 11.7. The number of allylic oxidation sites excluding steroid dienone is 1. The molecule has 0 radical (unpaired) electrons. The Morgan fingerprint density at radius 1 is 1.31 bits per heavy atom. The smallest absolute Gasteiger partial charge is 0.0434 e. The first-order valence-corrected chi connectivity index (χ1v) is 5.14. The third kappa shape index (κ3) is 4.25. The van der Waals surface area contributed by atoms with Gasteiger partial charge in [0.1, 0.15) is 0 Å². The van der Waals surface area contributed by atoms with E-state index in [0.717, 1.165) is 17.3 Å². The maximum Gasteiger partial charge on any atom is 0.0434 e. The molecule has 1 rings (SSSR count). The van der Waals surface area contributed by atoms with Crippen LogP contribution in [0.4, 0.5) is 0 Å². The van der Waals surface area contributed by atoms with E-state index in [2.05, 4.69) is 34.1 Å².